The zero-order valence-corrected chi connectivity index (χ0v) is 64.8. The minimum Gasteiger partial charge on any atom is -0.456 e. The van der Waals surface area contributed by atoms with Crippen molar-refractivity contribution in [1.29, 1.82) is 0 Å². The van der Waals surface area contributed by atoms with Crippen LogP contribution >= 0.6 is 11.3 Å². The Hall–Kier alpha value is -15.8. The largest absolute Gasteiger partial charge is 0.456 e. The molecule has 9 aliphatic rings. The van der Waals surface area contributed by atoms with Gasteiger partial charge >= 0.3 is 39.6 Å². The number of para-hydroxylation sites is 6. The molecule has 9 aliphatic heterocycles. The number of hydrogen-bond acceptors (Lipinski definition) is 5. The number of ether oxygens (including phenoxy) is 3. The third-order valence-electron chi connectivity index (χ3n) is 29.8. The van der Waals surface area contributed by atoms with Crippen LogP contribution in [-0.2, 0) is 24.0 Å². The Morgan fingerprint density at radius 3 is 1.06 bits per heavy atom. The molecule has 15 heteroatoms. The Bertz CT molecular complexity index is 9740. The van der Waals surface area contributed by atoms with Crippen LogP contribution in [-0.4, -0.2) is 17.8 Å². The molecular weight excluding hydrogens is 1510 g/mol. The molecule has 15 aromatic carbocycles. The van der Waals surface area contributed by atoms with E-state index in [1.165, 1.54) is 223 Å². The van der Waals surface area contributed by atoms with Gasteiger partial charge in [0.05, 0.1) is 60.1 Å². The molecule has 27 aromatic rings. The molecule has 3 spiro atoms. The number of hydrogen-bond donors (Lipinski definition) is 0. The lowest BCUT2D eigenvalue weighted by atomic mass is 9.85. The van der Waals surface area contributed by atoms with E-state index < -0.39 is 17.0 Å². The first-order valence-corrected chi connectivity index (χ1v) is 42.5. The smallest absolute Gasteiger partial charge is 0.372 e. The first kappa shape index (κ1) is 59.8. The van der Waals surface area contributed by atoms with Gasteiger partial charge < -0.3 is 23.2 Å². The van der Waals surface area contributed by atoms with E-state index in [0.717, 1.165) is 56.8 Å². The zero-order chi connectivity index (χ0) is 77.3. The second-order valence-electron chi connectivity index (χ2n) is 34.4. The number of nitrogens with zero attached hydrogens (tertiary/aromatic N) is 10. The highest BCUT2D eigenvalue weighted by Crippen LogP contribution is 2.64. The molecule has 0 saturated heterocycles. The highest BCUT2D eigenvalue weighted by Gasteiger charge is 2.72. The molecule has 3 atom stereocenters. The van der Waals surface area contributed by atoms with Gasteiger partial charge in [0, 0.05) is 58.4 Å². The number of benzene rings is 15. The third kappa shape index (κ3) is 5.85. The van der Waals surface area contributed by atoms with E-state index in [4.69, 9.17) is 18.6 Å². The Kier molecular flexibility index (Phi) is 9.41. The molecule has 0 amide bonds. The summed E-state index contributed by atoms with van der Waals surface area (Å²) in [6.07, 6.45) is 10.9. The van der Waals surface area contributed by atoms with Crippen LogP contribution in [0.25, 0.3) is 212 Å². The van der Waals surface area contributed by atoms with Crippen molar-refractivity contribution < 1.29 is 46.0 Å². The fourth-order valence-electron chi connectivity index (χ4n) is 26.1. The Morgan fingerprint density at radius 1 is 0.281 bits per heavy atom. The Balaban J connectivity index is 0.0000000840. The van der Waals surface area contributed by atoms with Crippen molar-refractivity contribution in [2.45, 2.75) is 17.0 Å². The van der Waals surface area contributed by atoms with Crippen molar-refractivity contribution in [3.8, 4) is 34.5 Å². The lowest BCUT2D eigenvalue weighted by Gasteiger charge is -2.28. The number of aryl methyl sites for hydroxylation is 1. The maximum Gasteiger partial charge on any atom is 0.372 e. The molecule has 0 N–H and O–H groups in total. The van der Waals surface area contributed by atoms with Crippen LogP contribution in [0, 0.1) is 0 Å². The SMILES string of the molecule is Cn1ccc2c3ccc4c5c3c3n(c6ccccc6[n+]3C53c5c(ccc6c7ccccc7c7ccc[n+]3c7c56)O4)c21.c1ccc2c(c1)c1ccc3c4c1c1c2ccc[n+]1C41c2c(ccc4c5ccoc5n5c6ccccc6[n+]1c5c24)O3.c1ccc2c(c1)c1ccc3c4c1c1c2ccc[n+]1C41c2c(ccc4c5ccsc5n5c6ccccc6[n+]1c5c24)O3. The highest BCUT2D eigenvalue weighted by molar-refractivity contribution is 7.17. The molecule has 0 bridgehead atoms. The van der Waals surface area contributed by atoms with Crippen LogP contribution < -0.4 is 41.6 Å². The predicted molar refractivity (Wildman–Crippen MR) is 472 cm³/mol. The molecule has 14 nitrogen and oxygen atoms in total. The summed E-state index contributed by atoms with van der Waals surface area (Å²) in [4.78, 5) is 1.29. The van der Waals surface area contributed by atoms with E-state index in [-0.39, 0.29) is 0 Å². The van der Waals surface area contributed by atoms with Gasteiger partial charge in [0.25, 0.3) is 0 Å². The van der Waals surface area contributed by atoms with Crippen molar-refractivity contribution in [2.24, 2.45) is 7.05 Å². The summed E-state index contributed by atoms with van der Waals surface area (Å²) in [5.41, 5.74) is 22.4. The summed E-state index contributed by atoms with van der Waals surface area (Å²) in [7, 11) is 2.15. The number of thiophene rings is 1. The molecule has 0 aliphatic carbocycles. The number of aromatic nitrogens is 10. The quantitative estimate of drug-likeness (QED) is 0.112. The maximum absolute atomic E-state index is 6.88. The summed E-state index contributed by atoms with van der Waals surface area (Å²) in [6, 6.07) is 99.9. The number of rotatable bonds is 0. The van der Waals surface area contributed by atoms with Crippen molar-refractivity contribution in [3.05, 3.63) is 343 Å². The van der Waals surface area contributed by atoms with Crippen LogP contribution in [0.15, 0.2) is 314 Å². The number of pyridine rings is 6. The van der Waals surface area contributed by atoms with Crippen LogP contribution in [0.1, 0.15) is 33.4 Å². The fourth-order valence-corrected chi connectivity index (χ4v) is 27.0. The van der Waals surface area contributed by atoms with Gasteiger partial charge in [-0.25, -0.2) is 0 Å². The lowest BCUT2D eigenvalue weighted by Crippen LogP contribution is -2.72. The van der Waals surface area contributed by atoms with Gasteiger partial charge in [0.2, 0.25) is 22.2 Å². The monoisotopic (exact) mass is 1560 g/mol. The maximum atomic E-state index is 6.88. The minimum atomic E-state index is -0.628. The van der Waals surface area contributed by atoms with E-state index >= 15 is 0 Å². The standard InChI is InChI=1S/C36H20N4O.C35H17N3O2.C35H17N3OS/c1-37-18-16-24-22-13-15-28-32-30(22)35-39(34(24)37)25-10-4-5-11-26(25)40(35)36(32)31-27(41-28)14-12-21-19-7-2-3-8-20(19)23-9-6-17-38(36)33(23)29(21)31;1-2-7-19-18(6-1)20-11-13-26-30-28(20)32-22(19)8-5-16-36(32)35(30)31-27(40-26)14-12-21-23-15-17-39-34(23)37-24-9-3-4-10-25(24)38(35)33(37)29(21)31;1-2-7-19-18(6-1)20-11-13-26-30-28(20)32-22(19)8-5-16-36(32)35(30)31-27(39-26)14-12-21-23-15-17-40-34(23)37-24-9-3-4-10-25(24)38(35)33(37)29(21)31/h2-18H,1H3;2*1-17H/q3*+2. The van der Waals surface area contributed by atoms with Gasteiger partial charge in [-0.2, -0.15) is 13.2 Å². The van der Waals surface area contributed by atoms with Crippen molar-refractivity contribution in [3.63, 3.8) is 0 Å². The van der Waals surface area contributed by atoms with E-state index in [2.05, 4.69) is 355 Å². The second kappa shape index (κ2) is 19.1. The van der Waals surface area contributed by atoms with Gasteiger partial charge in [0.15, 0.2) is 56.5 Å². The molecule has 121 heavy (non-hydrogen) atoms. The third-order valence-corrected chi connectivity index (χ3v) is 30.7. The topological polar surface area (TPSA) is 82.3 Å². The molecule has 0 radical (unpaired) electrons. The summed E-state index contributed by atoms with van der Waals surface area (Å²) >= 11 is 1.82. The van der Waals surface area contributed by atoms with Gasteiger partial charge in [-0.1, -0.05) is 109 Å². The van der Waals surface area contributed by atoms with E-state index in [0.29, 0.717) is 0 Å². The predicted octanol–water partition coefficient (Wildman–Crippen LogP) is 21.4. The molecule has 36 rings (SSSR count). The highest BCUT2D eigenvalue weighted by atomic mass is 32.1. The molecule has 0 fully saturated rings. The average molecular weight is 1560 g/mol. The van der Waals surface area contributed by atoms with Gasteiger partial charge in [0.1, 0.15) is 67.9 Å². The molecule has 552 valence electrons. The Labute approximate surface area is 684 Å². The van der Waals surface area contributed by atoms with Crippen LogP contribution in [0.4, 0.5) is 0 Å². The van der Waals surface area contributed by atoms with Crippen molar-refractivity contribution >= 4 is 223 Å². The molecule has 12 aromatic heterocycles. The second-order valence-corrected chi connectivity index (χ2v) is 35.3. The Morgan fingerprint density at radius 2 is 0.620 bits per heavy atom. The van der Waals surface area contributed by atoms with Crippen molar-refractivity contribution in [2.75, 3.05) is 0 Å². The number of furan rings is 1. The van der Waals surface area contributed by atoms with Crippen LogP contribution in [0.3, 0.4) is 0 Å². The van der Waals surface area contributed by atoms with Crippen LogP contribution in [0.2, 0.25) is 0 Å². The normalized spacial score (nSPS) is 17.8. The van der Waals surface area contributed by atoms with E-state index in [9.17, 15) is 0 Å². The van der Waals surface area contributed by atoms with Gasteiger partial charge in [-0.05, 0) is 199 Å². The summed E-state index contributed by atoms with van der Waals surface area (Å²) in [5, 5.41) is 32.7. The van der Waals surface area contributed by atoms with Gasteiger partial charge in [-0.15, -0.1) is 38.7 Å². The molecule has 21 heterocycles. The average Bonchev–Trinajstić information content (AvgIpc) is 1.47. The van der Waals surface area contributed by atoms with E-state index in [1.54, 1.807) is 6.26 Å². The molecule has 3 unspecified atom stereocenters. The molecule has 0 saturated carbocycles. The van der Waals surface area contributed by atoms with Crippen molar-refractivity contribution in [1.82, 2.24) is 17.8 Å². The lowest BCUT2D eigenvalue weighted by molar-refractivity contribution is -0.935. The number of fused-ring (bicyclic) bond motifs is 27. The zero-order valence-electron chi connectivity index (χ0n) is 64.0. The van der Waals surface area contributed by atoms with E-state index in [1.807, 2.05) is 11.3 Å². The first-order chi connectivity index (χ1) is 60.0. The summed E-state index contributed by atoms with van der Waals surface area (Å²) in [5.74, 6) is 5.62. The summed E-state index contributed by atoms with van der Waals surface area (Å²) in [6.45, 7) is 0. The van der Waals surface area contributed by atoms with Gasteiger partial charge in [-0.3, -0.25) is 0 Å². The minimum absolute atomic E-state index is 0.582. The first-order valence-electron chi connectivity index (χ1n) is 41.6. The summed E-state index contributed by atoms with van der Waals surface area (Å²) < 4.78 is 51.8. The number of imidazole rings is 3. The van der Waals surface area contributed by atoms with Crippen LogP contribution in [0.5, 0.6) is 34.5 Å². The fraction of sp³-hybridized carbons (Fsp3) is 0.0377. The molecular formula is C106H54N10O4S+6.